The Labute approximate surface area is 164 Å². The second kappa shape index (κ2) is 7.56. The maximum absolute atomic E-state index is 13.1. The van der Waals surface area contributed by atoms with Crippen LogP contribution >= 0.6 is 0 Å². The van der Waals surface area contributed by atoms with E-state index in [4.69, 9.17) is 0 Å². The molecule has 140 valence electrons. The molecule has 0 spiro atoms. The van der Waals surface area contributed by atoms with Gasteiger partial charge in [0.1, 0.15) is 5.56 Å². The minimum Gasteiger partial charge on any atom is -0.348 e. The highest BCUT2D eigenvalue weighted by atomic mass is 16.1. The van der Waals surface area contributed by atoms with E-state index in [9.17, 15) is 4.79 Å². The summed E-state index contributed by atoms with van der Waals surface area (Å²) in [4.78, 5) is 13.1. The number of amides is 1. The van der Waals surface area contributed by atoms with E-state index in [1.807, 2.05) is 102 Å². The Morgan fingerprint density at radius 3 is 2.29 bits per heavy atom. The number of aryl methyl sites for hydroxylation is 2. The Morgan fingerprint density at radius 1 is 0.929 bits per heavy atom. The van der Waals surface area contributed by atoms with Gasteiger partial charge < -0.3 is 9.88 Å². The summed E-state index contributed by atoms with van der Waals surface area (Å²) in [6.45, 7) is 4.39. The fraction of sp³-hybridized carbons (Fsp3) is 0.130. The summed E-state index contributed by atoms with van der Waals surface area (Å²) >= 11 is 0. The summed E-state index contributed by atoms with van der Waals surface area (Å²) in [5, 5.41) is 7.70. The zero-order valence-electron chi connectivity index (χ0n) is 16.0. The average Bonchev–Trinajstić information content (AvgIpc) is 3.35. The molecule has 0 fully saturated rings. The van der Waals surface area contributed by atoms with E-state index in [2.05, 4.69) is 10.4 Å². The average molecular weight is 370 g/mol. The molecule has 0 radical (unpaired) electrons. The molecule has 0 unspecified atom stereocenters. The van der Waals surface area contributed by atoms with Crippen molar-refractivity contribution in [3.63, 3.8) is 0 Å². The molecule has 0 atom stereocenters. The number of aromatic nitrogens is 3. The molecule has 0 aliphatic rings. The molecule has 1 N–H and O–H groups in total. The maximum Gasteiger partial charge on any atom is 0.257 e. The number of nitrogens with zero attached hydrogens (tertiary/aromatic N) is 3. The molecule has 2 aromatic heterocycles. The second-order valence-electron chi connectivity index (χ2n) is 6.79. The summed E-state index contributed by atoms with van der Waals surface area (Å²) < 4.78 is 3.75. The van der Waals surface area contributed by atoms with Gasteiger partial charge in [-0.1, -0.05) is 48.0 Å². The second-order valence-corrected chi connectivity index (χ2v) is 6.79. The Bertz CT molecular complexity index is 1080. The quantitative estimate of drug-likeness (QED) is 0.572. The minimum absolute atomic E-state index is 0.136. The molecular weight excluding hydrogens is 348 g/mol. The molecule has 0 bridgehead atoms. The summed E-state index contributed by atoms with van der Waals surface area (Å²) in [6, 6.07) is 21.9. The third-order valence-corrected chi connectivity index (χ3v) is 4.69. The van der Waals surface area contributed by atoms with E-state index in [-0.39, 0.29) is 5.91 Å². The van der Waals surface area contributed by atoms with Crippen molar-refractivity contribution in [1.82, 2.24) is 19.7 Å². The van der Waals surface area contributed by atoms with Gasteiger partial charge in [-0.25, -0.2) is 4.68 Å². The highest BCUT2D eigenvalue weighted by molar-refractivity contribution is 5.98. The number of carbonyl (C=O) groups is 1. The minimum atomic E-state index is -0.136. The van der Waals surface area contributed by atoms with Gasteiger partial charge in [0, 0.05) is 18.9 Å². The van der Waals surface area contributed by atoms with Crippen LogP contribution in [0.5, 0.6) is 0 Å². The monoisotopic (exact) mass is 370 g/mol. The van der Waals surface area contributed by atoms with Crippen molar-refractivity contribution in [3.8, 4) is 11.5 Å². The smallest absolute Gasteiger partial charge is 0.257 e. The fourth-order valence-corrected chi connectivity index (χ4v) is 3.23. The van der Waals surface area contributed by atoms with Crippen molar-refractivity contribution < 1.29 is 4.79 Å². The van der Waals surface area contributed by atoms with Crippen molar-refractivity contribution in [2.45, 2.75) is 20.4 Å². The number of nitrogens with one attached hydrogen (secondary N) is 1. The SMILES string of the molecule is Cc1ccc(-n2nc(C)c(C(=O)NCc3ccccc3)c2-n2cccc2)cc1. The first-order valence-electron chi connectivity index (χ1n) is 9.25. The first kappa shape index (κ1) is 17.8. The molecule has 0 saturated heterocycles. The van der Waals surface area contributed by atoms with Crippen LogP contribution in [0.1, 0.15) is 27.2 Å². The van der Waals surface area contributed by atoms with Gasteiger partial charge in [-0.15, -0.1) is 0 Å². The zero-order chi connectivity index (χ0) is 19.5. The van der Waals surface area contributed by atoms with E-state index in [0.717, 1.165) is 17.1 Å². The van der Waals surface area contributed by atoms with Crippen LogP contribution in [-0.4, -0.2) is 20.3 Å². The normalized spacial score (nSPS) is 10.8. The predicted octanol–water partition coefficient (Wildman–Crippen LogP) is 4.21. The van der Waals surface area contributed by atoms with Gasteiger partial charge >= 0.3 is 0 Å². The lowest BCUT2D eigenvalue weighted by atomic mass is 10.2. The van der Waals surface area contributed by atoms with Crippen molar-refractivity contribution in [2.75, 3.05) is 0 Å². The summed E-state index contributed by atoms with van der Waals surface area (Å²) in [6.07, 6.45) is 3.85. The molecule has 0 saturated carbocycles. The van der Waals surface area contributed by atoms with Crippen molar-refractivity contribution >= 4 is 5.91 Å². The third-order valence-electron chi connectivity index (χ3n) is 4.69. The van der Waals surface area contributed by atoms with Gasteiger partial charge in [0.25, 0.3) is 5.91 Å². The van der Waals surface area contributed by atoms with Crippen LogP contribution in [0.25, 0.3) is 11.5 Å². The first-order chi connectivity index (χ1) is 13.6. The van der Waals surface area contributed by atoms with Crippen LogP contribution in [0.4, 0.5) is 0 Å². The fourth-order valence-electron chi connectivity index (χ4n) is 3.23. The van der Waals surface area contributed by atoms with Gasteiger partial charge in [-0.05, 0) is 43.7 Å². The number of hydrogen-bond acceptors (Lipinski definition) is 2. The van der Waals surface area contributed by atoms with E-state index < -0.39 is 0 Å². The molecule has 4 rings (SSSR count). The lowest BCUT2D eigenvalue weighted by Gasteiger charge is -2.11. The van der Waals surface area contributed by atoms with Crippen molar-refractivity contribution in [3.05, 3.63) is 102 Å². The van der Waals surface area contributed by atoms with Gasteiger partial charge in [-0.2, -0.15) is 5.10 Å². The molecule has 4 aromatic rings. The van der Waals surface area contributed by atoms with E-state index in [0.29, 0.717) is 17.8 Å². The molecule has 0 aliphatic carbocycles. The Morgan fingerprint density at radius 2 is 1.61 bits per heavy atom. The molecule has 2 aromatic carbocycles. The zero-order valence-corrected chi connectivity index (χ0v) is 16.0. The number of carbonyl (C=O) groups excluding carboxylic acids is 1. The molecule has 1 amide bonds. The molecule has 5 nitrogen and oxygen atoms in total. The summed E-state index contributed by atoms with van der Waals surface area (Å²) in [7, 11) is 0. The number of hydrogen-bond donors (Lipinski definition) is 1. The van der Waals surface area contributed by atoms with E-state index in [1.54, 1.807) is 0 Å². The largest absolute Gasteiger partial charge is 0.348 e. The molecule has 0 aliphatic heterocycles. The maximum atomic E-state index is 13.1. The lowest BCUT2D eigenvalue weighted by molar-refractivity contribution is 0.0950. The molecule has 28 heavy (non-hydrogen) atoms. The Kier molecular flexibility index (Phi) is 4.81. The van der Waals surface area contributed by atoms with Gasteiger partial charge in [0.2, 0.25) is 0 Å². The number of benzene rings is 2. The Balaban J connectivity index is 1.74. The van der Waals surface area contributed by atoms with Crippen LogP contribution < -0.4 is 5.32 Å². The number of rotatable bonds is 5. The first-order valence-corrected chi connectivity index (χ1v) is 9.25. The van der Waals surface area contributed by atoms with Crippen LogP contribution in [-0.2, 0) is 6.54 Å². The van der Waals surface area contributed by atoms with E-state index in [1.165, 1.54) is 5.56 Å². The van der Waals surface area contributed by atoms with Crippen LogP contribution in [0.15, 0.2) is 79.1 Å². The van der Waals surface area contributed by atoms with Crippen molar-refractivity contribution in [1.29, 1.82) is 0 Å². The predicted molar refractivity (Wildman–Crippen MR) is 110 cm³/mol. The standard InChI is InChI=1S/C23H22N4O/c1-17-10-12-20(13-11-17)27-23(26-14-6-7-15-26)21(18(2)25-27)22(28)24-16-19-8-4-3-5-9-19/h3-15H,16H2,1-2H3,(H,24,28). The van der Waals surface area contributed by atoms with Crippen LogP contribution in [0.3, 0.4) is 0 Å². The topological polar surface area (TPSA) is 51.9 Å². The van der Waals surface area contributed by atoms with Crippen LogP contribution in [0.2, 0.25) is 0 Å². The third kappa shape index (κ3) is 3.47. The molecule has 5 heteroatoms. The van der Waals surface area contributed by atoms with Gasteiger partial charge in [-0.3, -0.25) is 4.79 Å². The highest BCUT2D eigenvalue weighted by Gasteiger charge is 2.23. The lowest BCUT2D eigenvalue weighted by Crippen LogP contribution is -2.24. The summed E-state index contributed by atoms with van der Waals surface area (Å²) in [5.41, 5.74) is 4.42. The van der Waals surface area contributed by atoms with Gasteiger partial charge in [0.05, 0.1) is 11.4 Å². The summed E-state index contributed by atoms with van der Waals surface area (Å²) in [5.74, 6) is 0.598. The van der Waals surface area contributed by atoms with Gasteiger partial charge in [0.15, 0.2) is 5.82 Å². The highest BCUT2D eigenvalue weighted by Crippen LogP contribution is 2.23. The van der Waals surface area contributed by atoms with E-state index >= 15 is 0 Å². The van der Waals surface area contributed by atoms with Crippen molar-refractivity contribution in [2.24, 2.45) is 0 Å². The molecule has 2 heterocycles. The molecular formula is C23H22N4O. The Hall–Kier alpha value is -3.60. The van der Waals surface area contributed by atoms with Crippen LogP contribution in [0, 0.1) is 13.8 Å².